The molecule has 8 nitrogen and oxygen atoms in total. The molecule has 0 heterocycles. The van der Waals surface area contributed by atoms with Crippen LogP contribution in [0.4, 0.5) is 5.69 Å². The molecule has 130 valence electrons. The first-order valence-corrected chi connectivity index (χ1v) is 7.21. The molecule has 0 unspecified atom stereocenters. The van der Waals surface area contributed by atoms with Gasteiger partial charge in [0.05, 0.1) is 33.1 Å². The molecular weight excluding hydrogens is 314 g/mol. The van der Waals surface area contributed by atoms with Crippen LogP contribution in [0.2, 0.25) is 0 Å². The van der Waals surface area contributed by atoms with Crippen LogP contribution in [-0.2, 0) is 4.79 Å². The minimum Gasteiger partial charge on any atom is -0.497 e. The van der Waals surface area contributed by atoms with E-state index in [-0.39, 0.29) is 31.9 Å². The SMILES string of the molecule is COc1ccc(N/C=C(/C#N)C(=O)N(CCO)CCO)c(OC)c1. The first-order valence-electron chi connectivity index (χ1n) is 7.21. The molecule has 0 aliphatic heterocycles. The molecule has 0 radical (unpaired) electrons. The number of aliphatic hydroxyl groups excluding tert-OH is 2. The van der Waals surface area contributed by atoms with Gasteiger partial charge in [-0.15, -0.1) is 0 Å². The first-order chi connectivity index (χ1) is 11.6. The van der Waals surface area contributed by atoms with E-state index in [4.69, 9.17) is 19.7 Å². The Morgan fingerprint density at radius 3 is 2.46 bits per heavy atom. The van der Waals surface area contributed by atoms with Gasteiger partial charge >= 0.3 is 0 Å². The molecule has 0 aliphatic rings. The Labute approximate surface area is 140 Å². The van der Waals surface area contributed by atoms with Crippen molar-refractivity contribution in [2.75, 3.05) is 45.8 Å². The number of ether oxygens (including phenoxy) is 2. The van der Waals surface area contributed by atoms with E-state index in [1.54, 1.807) is 18.2 Å². The number of aliphatic hydroxyl groups is 2. The summed E-state index contributed by atoms with van der Waals surface area (Å²) in [6.45, 7) is -0.455. The lowest BCUT2D eigenvalue weighted by Gasteiger charge is -2.20. The topological polar surface area (TPSA) is 115 Å². The summed E-state index contributed by atoms with van der Waals surface area (Å²) < 4.78 is 10.3. The minimum atomic E-state index is -0.583. The Bertz CT molecular complexity index is 619. The van der Waals surface area contributed by atoms with Gasteiger partial charge in [0.15, 0.2) is 0 Å². The number of nitriles is 1. The fourth-order valence-electron chi connectivity index (χ4n) is 1.94. The van der Waals surface area contributed by atoms with Crippen molar-refractivity contribution in [1.82, 2.24) is 4.90 Å². The molecule has 1 rings (SSSR count). The smallest absolute Gasteiger partial charge is 0.266 e. The third-order valence-electron chi connectivity index (χ3n) is 3.16. The lowest BCUT2D eigenvalue weighted by Crippen LogP contribution is -2.36. The van der Waals surface area contributed by atoms with Gasteiger partial charge in [0.1, 0.15) is 23.1 Å². The zero-order valence-electron chi connectivity index (χ0n) is 13.7. The van der Waals surface area contributed by atoms with Crippen molar-refractivity contribution < 1.29 is 24.5 Å². The summed E-state index contributed by atoms with van der Waals surface area (Å²) in [4.78, 5) is 13.4. The zero-order valence-corrected chi connectivity index (χ0v) is 13.7. The maximum Gasteiger partial charge on any atom is 0.266 e. The molecule has 0 saturated heterocycles. The number of hydrogen-bond acceptors (Lipinski definition) is 7. The molecule has 0 saturated carbocycles. The highest BCUT2D eigenvalue weighted by molar-refractivity contribution is 5.97. The van der Waals surface area contributed by atoms with Crippen LogP contribution in [0.3, 0.4) is 0 Å². The van der Waals surface area contributed by atoms with E-state index in [1.165, 1.54) is 25.3 Å². The van der Waals surface area contributed by atoms with Crippen LogP contribution < -0.4 is 14.8 Å². The second kappa shape index (κ2) is 10.1. The molecule has 24 heavy (non-hydrogen) atoms. The number of nitrogens with one attached hydrogen (secondary N) is 1. The van der Waals surface area contributed by atoms with Crippen LogP contribution in [-0.4, -0.2) is 61.5 Å². The molecule has 1 aromatic rings. The Morgan fingerprint density at radius 2 is 1.96 bits per heavy atom. The number of carbonyl (C=O) groups excluding carboxylic acids is 1. The van der Waals surface area contributed by atoms with Gasteiger partial charge in [-0.3, -0.25) is 4.79 Å². The van der Waals surface area contributed by atoms with Gasteiger partial charge in [0.2, 0.25) is 0 Å². The average molecular weight is 335 g/mol. The number of hydrogen-bond donors (Lipinski definition) is 3. The Kier molecular flexibility index (Phi) is 8.11. The van der Waals surface area contributed by atoms with Crippen LogP contribution in [0.15, 0.2) is 30.0 Å². The molecule has 0 atom stereocenters. The van der Waals surface area contributed by atoms with Crippen LogP contribution in [0.25, 0.3) is 0 Å². The predicted octanol–water partition coefficient (Wildman–Crippen LogP) is 0.336. The Hall–Kier alpha value is -2.76. The number of benzene rings is 1. The van der Waals surface area contributed by atoms with E-state index in [0.29, 0.717) is 17.2 Å². The first kappa shape index (κ1) is 19.3. The van der Waals surface area contributed by atoms with Crippen molar-refractivity contribution in [3.05, 3.63) is 30.0 Å². The summed E-state index contributed by atoms with van der Waals surface area (Å²) >= 11 is 0. The van der Waals surface area contributed by atoms with E-state index in [0.717, 1.165) is 0 Å². The molecule has 1 amide bonds. The number of amides is 1. The van der Waals surface area contributed by atoms with Gasteiger partial charge in [0.25, 0.3) is 5.91 Å². The number of rotatable bonds is 9. The largest absolute Gasteiger partial charge is 0.497 e. The predicted molar refractivity (Wildman–Crippen MR) is 87.6 cm³/mol. The minimum absolute atomic E-state index is 0.0320. The highest BCUT2D eigenvalue weighted by Crippen LogP contribution is 2.29. The standard InChI is InChI=1S/C16H21N3O5/c1-23-13-3-4-14(15(9-13)24-2)18-11-12(10-17)16(22)19(5-7-20)6-8-21/h3-4,9,11,18,20-21H,5-8H2,1-2H3/b12-11-. The molecule has 1 aromatic carbocycles. The molecule has 0 bridgehead atoms. The third-order valence-corrected chi connectivity index (χ3v) is 3.16. The van der Waals surface area contributed by atoms with Gasteiger partial charge < -0.3 is 29.9 Å². The Morgan fingerprint density at radius 1 is 1.29 bits per heavy atom. The fourth-order valence-corrected chi connectivity index (χ4v) is 1.94. The van der Waals surface area contributed by atoms with Crippen LogP contribution in [0.5, 0.6) is 11.5 Å². The van der Waals surface area contributed by atoms with Gasteiger partial charge in [-0.1, -0.05) is 0 Å². The van der Waals surface area contributed by atoms with Crippen molar-refractivity contribution in [3.63, 3.8) is 0 Å². The molecule has 3 N–H and O–H groups in total. The van der Waals surface area contributed by atoms with Crippen molar-refractivity contribution in [3.8, 4) is 17.6 Å². The van der Waals surface area contributed by atoms with Gasteiger partial charge in [-0.25, -0.2) is 0 Å². The Balaban J connectivity index is 2.97. The number of methoxy groups -OCH3 is 2. The van der Waals surface area contributed by atoms with E-state index in [9.17, 15) is 10.1 Å². The molecule has 0 aliphatic carbocycles. The third kappa shape index (κ3) is 5.15. The van der Waals surface area contributed by atoms with Crippen LogP contribution in [0.1, 0.15) is 0 Å². The van der Waals surface area contributed by atoms with Crippen molar-refractivity contribution >= 4 is 11.6 Å². The number of nitrogens with zero attached hydrogens (tertiary/aromatic N) is 2. The maximum absolute atomic E-state index is 12.3. The number of carbonyl (C=O) groups is 1. The molecule has 8 heteroatoms. The normalized spacial score (nSPS) is 10.7. The van der Waals surface area contributed by atoms with E-state index in [2.05, 4.69) is 5.32 Å². The van der Waals surface area contributed by atoms with Crippen molar-refractivity contribution in [1.29, 1.82) is 5.26 Å². The number of anilines is 1. The molecular formula is C16H21N3O5. The second-order valence-corrected chi connectivity index (χ2v) is 4.62. The second-order valence-electron chi connectivity index (χ2n) is 4.62. The van der Waals surface area contributed by atoms with Crippen LogP contribution >= 0.6 is 0 Å². The summed E-state index contributed by atoms with van der Waals surface area (Å²) in [5, 5.41) is 30.0. The maximum atomic E-state index is 12.3. The van der Waals surface area contributed by atoms with Crippen LogP contribution in [0, 0.1) is 11.3 Å². The zero-order chi connectivity index (χ0) is 17.9. The average Bonchev–Trinajstić information content (AvgIpc) is 2.61. The summed E-state index contributed by atoms with van der Waals surface area (Å²) in [6, 6.07) is 6.86. The van der Waals surface area contributed by atoms with E-state index in [1.807, 2.05) is 6.07 Å². The molecule has 0 spiro atoms. The van der Waals surface area contributed by atoms with E-state index >= 15 is 0 Å². The lowest BCUT2D eigenvalue weighted by molar-refractivity contribution is -0.127. The molecule has 0 fully saturated rings. The quantitative estimate of drug-likeness (QED) is 0.440. The van der Waals surface area contributed by atoms with E-state index < -0.39 is 5.91 Å². The lowest BCUT2D eigenvalue weighted by atomic mass is 10.2. The molecule has 0 aromatic heterocycles. The summed E-state index contributed by atoms with van der Waals surface area (Å²) in [6.07, 6.45) is 1.26. The van der Waals surface area contributed by atoms with Gasteiger partial charge in [-0.2, -0.15) is 5.26 Å². The fraction of sp³-hybridized carbons (Fsp3) is 0.375. The summed E-state index contributed by atoms with van der Waals surface area (Å²) in [5.74, 6) is 0.508. The van der Waals surface area contributed by atoms with Gasteiger partial charge in [-0.05, 0) is 12.1 Å². The summed E-state index contributed by atoms with van der Waals surface area (Å²) in [7, 11) is 3.02. The van der Waals surface area contributed by atoms with Crippen molar-refractivity contribution in [2.24, 2.45) is 0 Å². The highest BCUT2D eigenvalue weighted by Gasteiger charge is 2.17. The van der Waals surface area contributed by atoms with Gasteiger partial charge in [0, 0.05) is 25.4 Å². The monoisotopic (exact) mass is 335 g/mol. The highest BCUT2D eigenvalue weighted by atomic mass is 16.5. The summed E-state index contributed by atoms with van der Waals surface area (Å²) in [5.41, 5.74) is 0.393. The van der Waals surface area contributed by atoms with Crippen molar-refractivity contribution in [2.45, 2.75) is 0 Å².